The van der Waals surface area contributed by atoms with Crippen LogP contribution in [0.2, 0.25) is 0 Å². The second-order valence-electron chi connectivity index (χ2n) is 1.30. The van der Waals surface area contributed by atoms with Gasteiger partial charge in [-0.1, -0.05) is 0 Å². The van der Waals surface area contributed by atoms with Gasteiger partial charge in [-0.25, -0.2) is 0 Å². The Labute approximate surface area is 63.5 Å². The second kappa shape index (κ2) is 2.56. The van der Waals surface area contributed by atoms with Gasteiger partial charge < -0.3 is 0 Å². The maximum absolute atomic E-state index is 5.07. The van der Waals surface area contributed by atoms with Crippen LogP contribution in [-0.4, -0.2) is 10.9 Å². The van der Waals surface area contributed by atoms with Crippen molar-refractivity contribution < 1.29 is 5.53 Å². The van der Waals surface area contributed by atoms with E-state index in [-0.39, 0.29) is 0 Å². The van der Waals surface area contributed by atoms with Gasteiger partial charge in [-0.05, 0) is 0 Å². The number of hydrogen-bond donors (Lipinski definition) is 1. The van der Waals surface area contributed by atoms with Crippen LogP contribution in [0.1, 0.15) is 0 Å². The summed E-state index contributed by atoms with van der Waals surface area (Å²) >= 11 is 1.87. The van der Waals surface area contributed by atoms with E-state index in [4.69, 9.17) is 5.53 Å². The van der Waals surface area contributed by atoms with Gasteiger partial charge in [0.2, 0.25) is 0 Å². The standard InChI is InChI=1S/C3H6I2N2/c4-3(7-6)5-1-2-5/h3,6H,1-2H2/p+1. The molecule has 1 fully saturated rings. The predicted octanol–water partition coefficient (Wildman–Crippen LogP) is 0.436. The van der Waals surface area contributed by atoms with Crippen LogP contribution >= 0.6 is 42.4 Å². The summed E-state index contributed by atoms with van der Waals surface area (Å²) in [5.41, 5.74) is 5.07. The molecule has 1 heterocycles. The summed E-state index contributed by atoms with van der Waals surface area (Å²) in [6, 6.07) is 0. The van der Waals surface area contributed by atoms with Crippen molar-refractivity contribution in [3.63, 3.8) is 0 Å². The van der Waals surface area contributed by atoms with E-state index in [1.54, 1.807) is 0 Å². The predicted molar refractivity (Wildman–Crippen MR) is 45.9 cm³/mol. The van der Waals surface area contributed by atoms with Crippen molar-refractivity contribution in [3.05, 3.63) is 0 Å². The number of nitrogens with two attached hydrogens (primary N) is 1. The van der Waals surface area contributed by atoms with Gasteiger partial charge >= 0.3 is 64.0 Å². The maximum atomic E-state index is 5.07. The average Bonchev–Trinajstić information content (AvgIpc) is 2.44. The van der Waals surface area contributed by atoms with Gasteiger partial charge in [0.05, 0.1) is 0 Å². The van der Waals surface area contributed by atoms with E-state index < -0.39 is 19.8 Å². The molecule has 0 amide bonds. The topological polar surface area (TPSA) is 38.0 Å². The van der Waals surface area contributed by atoms with Gasteiger partial charge in [0.15, 0.2) is 0 Å². The normalized spacial score (nSPS) is 26.7. The average molecular weight is 325 g/mol. The van der Waals surface area contributed by atoms with E-state index >= 15 is 0 Å². The van der Waals surface area contributed by atoms with Crippen LogP contribution in [0.5, 0.6) is 0 Å². The first kappa shape index (κ1) is 6.18. The SMILES string of the molecule is [NH2+]=NC(I)I1CC1. The quantitative estimate of drug-likeness (QED) is 0.331. The van der Waals surface area contributed by atoms with Crippen molar-refractivity contribution in [2.24, 2.45) is 5.11 Å². The minimum absolute atomic E-state index is 0.464. The fourth-order valence-corrected chi connectivity index (χ4v) is 6.76. The Balaban J connectivity index is 2.22. The van der Waals surface area contributed by atoms with E-state index in [9.17, 15) is 0 Å². The Morgan fingerprint density at radius 1 is 1.71 bits per heavy atom. The van der Waals surface area contributed by atoms with Gasteiger partial charge in [-0.3, -0.25) is 0 Å². The zero-order chi connectivity index (χ0) is 5.28. The zero-order valence-electron chi connectivity index (χ0n) is 3.77. The number of halogens is 2. The molecule has 7 heavy (non-hydrogen) atoms. The molecule has 0 spiro atoms. The Bertz CT molecular complexity index is 81.0. The molecule has 0 aromatic heterocycles. The van der Waals surface area contributed by atoms with Gasteiger partial charge in [-0.2, -0.15) is 0 Å². The number of alkyl halides is 4. The van der Waals surface area contributed by atoms with Gasteiger partial charge in [0, 0.05) is 0 Å². The van der Waals surface area contributed by atoms with Crippen molar-refractivity contribution in [2.75, 3.05) is 8.86 Å². The van der Waals surface area contributed by atoms with E-state index in [1.165, 1.54) is 8.86 Å². The van der Waals surface area contributed by atoms with Crippen molar-refractivity contribution in [2.45, 2.75) is 2.06 Å². The molecule has 0 aromatic carbocycles. The summed E-state index contributed by atoms with van der Waals surface area (Å²) in [6.45, 7) is 0. The summed E-state index contributed by atoms with van der Waals surface area (Å²) < 4.78 is 3.51. The van der Waals surface area contributed by atoms with Gasteiger partial charge in [0.1, 0.15) is 0 Å². The molecule has 0 radical (unpaired) electrons. The number of hydrogen-bond acceptors (Lipinski definition) is 1. The molecule has 0 aromatic rings. The van der Waals surface area contributed by atoms with E-state index in [0.717, 1.165) is 0 Å². The van der Waals surface area contributed by atoms with E-state index in [0.29, 0.717) is 2.06 Å². The third-order valence-corrected chi connectivity index (χ3v) is 9.66. The third-order valence-electron chi connectivity index (χ3n) is 0.775. The summed E-state index contributed by atoms with van der Waals surface area (Å²) in [7, 11) is 0. The van der Waals surface area contributed by atoms with Crippen LogP contribution in [0.3, 0.4) is 0 Å². The molecule has 1 aliphatic rings. The van der Waals surface area contributed by atoms with Crippen molar-refractivity contribution in [3.8, 4) is 0 Å². The van der Waals surface area contributed by atoms with Crippen LogP contribution in [0.25, 0.3) is 0 Å². The molecular weight excluding hydrogens is 318 g/mol. The monoisotopic (exact) mass is 325 g/mol. The molecule has 1 rings (SSSR count). The first-order valence-corrected chi connectivity index (χ1v) is 7.53. The molecule has 42 valence electrons. The first-order valence-electron chi connectivity index (χ1n) is 1.99. The zero-order valence-corrected chi connectivity index (χ0v) is 8.09. The van der Waals surface area contributed by atoms with Crippen LogP contribution in [0, 0.1) is 0 Å². The first-order chi connectivity index (χ1) is 3.34. The molecule has 1 saturated heterocycles. The molecule has 0 aliphatic carbocycles. The summed E-state index contributed by atoms with van der Waals surface area (Å²) in [5.74, 6) is 0. The number of rotatable bonds is 2. The molecule has 0 bridgehead atoms. The summed E-state index contributed by atoms with van der Waals surface area (Å²) in [5, 5.41) is 3.71. The van der Waals surface area contributed by atoms with Crippen LogP contribution in [0.4, 0.5) is 0 Å². The molecule has 1 unspecified atom stereocenters. The Kier molecular flexibility index (Phi) is 2.26. The molecule has 0 saturated carbocycles. The van der Waals surface area contributed by atoms with Gasteiger partial charge in [0.25, 0.3) is 0 Å². The van der Waals surface area contributed by atoms with Crippen LogP contribution in [0.15, 0.2) is 5.11 Å². The molecule has 1 aliphatic heterocycles. The van der Waals surface area contributed by atoms with Crippen molar-refractivity contribution in [1.82, 2.24) is 0 Å². The third kappa shape index (κ3) is 1.79. The Hall–Kier alpha value is 1.06. The molecule has 1 atom stereocenters. The fraction of sp³-hybridized carbons (Fsp3) is 1.00. The molecule has 2 nitrogen and oxygen atoms in total. The molecule has 2 N–H and O–H groups in total. The van der Waals surface area contributed by atoms with Crippen molar-refractivity contribution in [1.29, 1.82) is 0 Å². The molecular formula is C3H7I2N2+. The van der Waals surface area contributed by atoms with Gasteiger partial charge in [-0.15, -0.1) is 0 Å². The van der Waals surface area contributed by atoms with Crippen LogP contribution < -0.4 is 5.53 Å². The van der Waals surface area contributed by atoms with Crippen LogP contribution in [-0.2, 0) is 0 Å². The van der Waals surface area contributed by atoms with E-state index in [2.05, 4.69) is 27.7 Å². The second-order valence-corrected chi connectivity index (χ2v) is 11.0. The number of nitrogens with zero attached hydrogens (tertiary/aromatic N) is 1. The summed E-state index contributed by atoms with van der Waals surface area (Å²) in [4.78, 5) is 0. The Morgan fingerprint density at radius 2 is 2.29 bits per heavy atom. The summed E-state index contributed by atoms with van der Waals surface area (Å²) in [6.07, 6.45) is 0. The van der Waals surface area contributed by atoms with Crippen molar-refractivity contribution >= 4 is 42.4 Å². The Morgan fingerprint density at radius 3 is 2.43 bits per heavy atom. The van der Waals surface area contributed by atoms with E-state index in [1.807, 2.05) is 0 Å². The fourth-order valence-electron chi connectivity index (χ4n) is 0.301. The minimum atomic E-state index is -0.464. The molecule has 4 heteroatoms.